The van der Waals surface area contributed by atoms with Crippen LogP contribution in [0.4, 0.5) is 10.5 Å². The van der Waals surface area contributed by atoms with E-state index in [-0.39, 0.29) is 6.03 Å². The Labute approximate surface area is 162 Å². The minimum absolute atomic E-state index is 0.114. The first-order chi connectivity index (χ1) is 13.0. The molecule has 1 saturated heterocycles. The molecule has 1 heterocycles. The number of carbonyl (C=O) groups excluding carboxylic acids is 1. The summed E-state index contributed by atoms with van der Waals surface area (Å²) in [5.41, 5.74) is 0.614. The quantitative estimate of drug-likeness (QED) is 0.742. The summed E-state index contributed by atoms with van der Waals surface area (Å²) in [6, 6.07) is 3.35. The van der Waals surface area contributed by atoms with Crippen molar-refractivity contribution in [3.8, 4) is 17.2 Å². The highest BCUT2D eigenvalue weighted by atomic mass is 16.5. The topological polar surface area (TPSA) is 66.5 Å². The highest BCUT2D eigenvalue weighted by Crippen LogP contribution is 2.39. The lowest BCUT2D eigenvalue weighted by Crippen LogP contribution is -2.50. The average molecular weight is 380 g/mol. The van der Waals surface area contributed by atoms with E-state index in [0.29, 0.717) is 22.9 Å². The van der Waals surface area contributed by atoms with E-state index in [1.165, 1.54) is 0 Å². The number of nitrogens with zero attached hydrogens (tertiary/aromatic N) is 3. The summed E-state index contributed by atoms with van der Waals surface area (Å²) in [6.45, 7) is 5.39. The van der Waals surface area contributed by atoms with Gasteiger partial charge in [-0.1, -0.05) is 0 Å². The number of nitrogens with one attached hydrogen (secondary N) is 1. The van der Waals surface area contributed by atoms with Gasteiger partial charge in [-0.3, -0.25) is 4.90 Å². The Morgan fingerprint density at radius 2 is 1.63 bits per heavy atom. The molecule has 1 fully saturated rings. The van der Waals surface area contributed by atoms with E-state index in [1.807, 2.05) is 4.90 Å². The highest BCUT2D eigenvalue weighted by molar-refractivity contribution is 5.90. The molecule has 0 atom stereocenters. The molecule has 0 bridgehead atoms. The molecule has 0 spiro atoms. The second-order valence-corrected chi connectivity index (χ2v) is 6.83. The second kappa shape index (κ2) is 10.2. The summed E-state index contributed by atoms with van der Waals surface area (Å²) < 4.78 is 16.0. The normalized spacial score (nSPS) is 15.0. The minimum Gasteiger partial charge on any atom is -0.493 e. The van der Waals surface area contributed by atoms with Crippen LogP contribution in [-0.2, 0) is 0 Å². The van der Waals surface area contributed by atoms with Crippen molar-refractivity contribution < 1.29 is 19.0 Å². The Balaban J connectivity index is 1.91. The maximum absolute atomic E-state index is 12.6. The SMILES string of the molecule is COc1cc(NC(=O)N2CCN(CCCN(C)C)CC2)cc(OC)c1OC. The first-order valence-corrected chi connectivity index (χ1v) is 9.21. The van der Waals surface area contributed by atoms with Crippen LogP contribution in [0.5, 0.6) is 17.2 Å². The molecular weight excluding hydrogens is 348 g/mol. The van der Waals surface area contributed by atoms with Gasteiger partial charge >= 0.3 is 6.03 Å². The number of amides is 2. The van der Waals surface area contributed by atoms with Gasteiger partial charge in [0.05, 0.1) is 27.0 Å². The van der Waals surface area contributed by atoms with Crippen LogP contribution in [0.2, 0.25) is 0 Å². The maximum Gasteiger partial charge on any atom is 0.321 e. The second-order valence-electron chi connectivity index (χ2n) is 6.83. The molecule has 1 aromatic carbocycles. The van der Waals surface area contributed by atoms with Gasteiger partial charge in [-0.15, -0.1) is 0 Å². The van der Waals surface area contributed by atoms with E-state index in [1.54, 1.807) is 33.5 Å². The summed E-state index contributed by atoms with van der Waals surface area (Å²) in [7, 11) is 8.84. The molecule has 152 valence electrons. The molecule has 2 rings (SSSR count). The molecule has 1 aliphatic rings. The van der Waals surface area contributed by atoms with Crippen molar-refractivity contribution in [1.29, 1.82) is 0 Å². The molecule has 0 radical (unpaired) electrons. The third-order valence-corrected chi connectivity index (χ3v) is 4.66. The van der Waals surface area contributed by atoms with Crippen molar-refractivity contribution in [2.45, 2.75) is 6.42 Å². The number of rotatable bonds is 8. The summed E-state index contributed by atoms with van der Waals surface area (Å²) in [6.07, 6.45) is 1.14. The maximum atomic E-state index is 12.6. The summed E-state index contributed by atoms with van der Waals surface area (Å²) >= 11 is 0. The molecule has 0 saturated carbocycles. The number of benzene rings is 1. The van der Waals surface area contributed by atoms with Crippen molar-refractivity contribution in [2.24, 2.45) is 0 Å². The van der Waals surface area contributed by atoms with E-state index in [9.17, 15) is 4.79 Å². The van der Waals surface area contributed by atoms with Gasteiger partial charge in [-0.25, -0.2) is 4.79 Å². The fraction of sp³-hybridized carbons (Fsp3) is 0.632. The molecule has 1 N–H and O–H groups in total. The van der Waals surface area contributed by atoms with Crippen molar-refractivity contribution in [3.05, 3.63) is 12.1 Å². The number of hydrogen-bond donors (Lipinski definition) is 1. The zero-order valence-corrected chi connectivity index (χ0v) is 17.1. The molecule has 1 aliphatic heterocycles. The number of anilines is 1. The fourth-order valence-corrected chi connectivity index (χ4v) is 3.14. The number of hydrogen-bond acceptors (Lipinski definition) is 6. The zero-order chi connectivity index (χ0) is 19.8. The minimum atomic E-state index is -0.114. The van der Waals surface area contributed by atoms with E-state index in [4.69, 9.17) is 14.2 Å². The van der Waals surface area contributed by atoms with Gasteiger partial charge in [-0.05, 0) is 33.6 Å². The van der Waals surface area contributed by atoms with Gasteiger partial charge in [-0.2, -0.15) is 0 Å². The van der Waals surface area contributed by atoms with Crippen LogP contribution >= 0.6 is 0 Å². The predicted octanol–water partition coefficient (Wildman–Crippen LogP) is 1.81. The largest absolute Gasteiger partial charge is 0.493 e. The number of piperazine rings is 1. The van der Waals surface area contributed by atoms with Crippen LogP contribution in [-0.4, -0.2) is 95.4 Å². The number of carbonyl (C=O) groups is 1. The van der Waals surface area contributed by atoms with Gasteiger partial charge in [0.1, 0.15) is 0 Å². The smallest absolute Gasteiger partial charge is 0.321 e. The van der Waals surface area contributed by atoms with E-state index in [0.717, 1.165) is 45.7 Å². The highest BCUT2D eigenvalue weighted by Gasteiger charge is 2.22. The van der Waals surface area contributed by atoms with Crippen molar-refractivity contribution in [1.82, 2.24) is 14.7 Å². The van der Waals surface area contributed by atoms with E-state index >= 15 is 0 Å². The van der Waals surface area contributed by atoms with Crippen molar-refractivity contribution >= 4 is 11.7 Å². The fourth-order valence-electron chi connectivity index (χ4n) is 3.14. The standard InChI is InChI=1S/C19H32N4O4/c1-21(2)7-6-8-22-9-11-23(12-10-22)19(24)20-15-13-16(25-3)18(27-5)17(14-15)26-4/h13-14H,6-12H2,1-5H3,(H,20,24). The lowest BCUT2D eigenvalue weighted by atomic mass is 10.2. The third kappa shape index (κ3) is 5.90. The monoisotopic (exact) mass is 380 g/mol. The molecule has 0 unspecified atom stereocenters. The molecule has 8 heteroatoms. The molecule has 0 aromatic heterocycles. The van der Waals surface area contributed by atoms with Gasteiger partial charge < -0.3 is 29.3 Å². The Morgan fingerprint density at radius 3 is 2.11 bits per heavy atom. The van der Waals surface area contributed by atoms with Crippen molar-refractivity contribution in [3.63, 3.8) is 0 Å². The molecular formula is C19H32N4O4. The van der Waals surface area contributed by atoms with Gasteiger partial charge in [0, 0.05) is 38.3 Å². The predicted molar refractivity (Wildman–Crippen MR) is 106 cm³/mol. The Bertz CT molecular complexity index is 591. The van der Waals surface area contributed by atoms with Crippen molar-refractivity contribution in [2.75, 3.05) is 80.0 Å². The molecule has 2 amide bonds. The molecule has 27 heavy (non-hydrogen) atoms. The van der Waals surface area contributed by atoms with Crippen LogP contribution in [0.15, 0.2) is 12.1 Å². The van der Waals surface area contributed by atoms with Gasteiger partial charge in [0.15, 0.2) is 11.5 Å². The Morgan fingerprint density at radius 1 is 1.04 bits per heavy atom. The lowest BCUT2D eigenvalue weighted by Gasteiger charge is -2.34. The summed E-state index contributed by atoms with van der Waals surface area (Å²) in [4.78, 5) is 19.1. The van der Waals surface area contributed by atoms with Gasteiger partial charge in [0.25, 0.3) is 0 Å². The van der Waals surface area contributed by atoms with Crippen LogP contribution in [0, 0.1) is 0 Å². The lowest BCUT2D eigenvalue weighted by molar-refractivity contribution is 0.144. The molecule has 0 aliphatic carbocycles. The van der Waals surface area contributed by atoms with Crippen LogP contribution in [0.25, 0.3) is 0 Å². The Kier molecular flexibility index (Phi) is 7.99. The zero-order valence-electron chi connectivity index (χ0n) is 17.1. The van der Waals surface area contributed by atoms with Crippen LogP contribution in [0.3, 0.4) is 0 Å². The first kappa shape index (κ1) is 21.1. The van der Waals surface area contributed by atoms with E-state index in [2.05, 4.69) is 29.2 Å². The molecule has 1 aromatic rings. The average Bonchev–Trinajstić information content (AvgIpc) is 2.67. The molecule has 8 nitrogen and oxygen atoms in total. The van der Waals surface area contributed by atoms with E-state index < -0.39 is 0 Å². The first-order valence-electron chi connectivity index (χ1n) is 9.21. The van der Waals surface area contributed by atoms with Gasteiger partial charge in [0.2, 0.25) is 5.75 Å². The Hall–Kier alpha value is -2.19. The number of methoxy groups -OCH3 is 3. The third-order valence-electron chi connectivity index (χ3n) is 4.66. The van der Waals surface area contributed by atoms with Crippen LogP contribution in [0.1, 0.15) is 6.42 Å². The summed E-state index contributed by atoms with van der Waals surface area (Å²) in [5.74, 6) is 1.53. The number of urea groups is 1. The summed E-state index contributed by atoms with van der Waals surface area (Å²) in [5, 5.41) is 2.93. The van der Waals surface area contributed by atoms with Crippen LogP contribution < -0.4 is 19.5 Å². The number of ether oxygens (including phenoxy) is 3.